The van der Waals surface area contributed by atoms with Crippen LogP contribution in [0.15, 0.2) is 64.6 Å². The Hall–Kier alpha value is -2.81. The number of aliphatic hydroxyl groups is 1. The quantitative estimate of drug-likeness (QED) is 0.427. The summed E-state index contributed by atoms with van der Waals surface area (Å²) in [7, 11) is 0. The van der Waals surface area contributed by atoms with E-state index in [1.165, 1.54) is 38.9 Å². The van der Waals surface area contributed by atoms with Crippen molar-refractivity contribution in [2.75, 3.05) is 4.90 Å². The van der Waals surface area contributed by atoms with Gasteiger partial charge < -0.3 is 5.11 Å². The summed E-state index contributed by atoms with van der Waals surface area (Å²) in [6, 6.07) is 12.4. The molecule has 1 aliphatic heterocycles. The van der Waals surface area contributed by atoms with Gasteiger partial charge in [0.15, 0.2) is 10.9 Å². The SMILES string of the molecule is Cc1ccc2nc(N3C(=O)C(O)=C(C(=O)c4cccs4)C3c3cccs3)sc2c1. The number of aryl methyl sites for hydroxylation is 1. The fourth-order valence-electron chi connectivity index (χ4n) is 3.41. The van der Waals surface area contributed by atoms with Crippen molar-refractivity contribution < 1.29 is 14.7 Å². The summed E-state index contributed by atoms with van der Waals surface area (Å²) >= 11 is 4.11. The van der Waals surface area contributed by atoms with Gasteiger partial charge >= 0.3 is 0 Å². The number of aromatic nitrogens is 1. The van der Waals surface area contributed by atoms with E-state index in [4.69, 9.17) is 0 Å². The molecule has 1 atom stereocenters. The molecule has 0 saturated carbocycles. The Morgan fingerprint density at radius 2 is 1.93 bits per heavy atom. The lowest BCUT2D eigenvalue weighted by molar-refractivity contribution is -0.117. The zero-order valence-corrected chi connectivity index (χ0v) is 17.6. The smallest absolute Gasteiger partial charge is 0.296 e. The third-order valence-electron chi connectivity index (χ3n) is 4.75. The van der Waals surface area contributed by atoms with Crippen molar-refractivity contribution in [3.63, 3.8) is 0 Å². The Morgan fingerprint density at radius 1 is 1.14 bits per heavy atom. The van der Waals surface area contributed by atoms with Crippen LogP contribution in [0.4, 0.5) is 5.13 Å². The van der Waals surface area contributed by atoms with E-state index < -0.39 is 17.7 Å². The number of thiophene rings is 2. The molecule has 0 radical (unpaired) electrons. The highest BCUT2D eigenvalue weighted by Crippen LogP contribution is 2.45. The Kier molecular flexibility index (Phi) is 4.34. The van der Waals surface area contributed by atoms with Crippen LogP contribution in [0.25, 0.3) is 10.2 Å². The van der Waals surface area contributed by atoms with Crippen LogP contribution >= 0.6 is 34.0 Å². The third-order valence-corrected chi connectivity index (χ3v) is 7.56. The molecule has 3 aromatic heterocycles. The molecule has 8 heteroatoms. The summed E-state index contributed by atoms with van der Waals surface area (Å²) in [6.07, 6.45) is 0. The number of carbonyl (C=O) groups is 2. The average Bonchev–Trinajstić information content (AvgIpc) is 3.49. The summed E-state index contributed by atoms with van der Waals surface area (Å²) in [6.45, 7) is 2.00. The fraction of sp³-hybridized carbons (Fsp3) is 0.0952. The number of Topliss-reactive ketones (excluding diaryl/α,β-unsaturated/α-hetero) is 1. The molecule has 4 aromatic rings. The van der Waals surface area contributed by atoms with Gasteiger partial charge in [-0.25, -0.2) is 4.98 Å². The molecule has 5 nitrogen and oxygen atoms in total. The molecule has 1 aliphatic rings. The van der Waals surface area contributed by atoms with Crippen molar-refractivity contribution in [1.82, 2.24) is 4.98 Å². The number of fused-ring (bicyclic) bond motifs is 1. The number of aliphatic hydroxyl groups excluding tert-OH is 1. The number of thiazole rings is 1. The average molecular weight is 439 g/mol. The summed E-state index contributed by atoms with van der Waals surface area (Å²) in [4.78, 5) is 33.6. The number of benzene rings is 1. The molecule has 1 amide bonds. The van der Waals surface area contributed by atoms with Gasteiger partial charge in [-0.1, -0.05) is 29.5 Å². The molecule has 0 bridgehead atoms. The third kappa shape index (κ3) is 2.91. The first-order valence-electron chi connectivity index (χ1n) is 8.80. The number of rotatable bonds is 4. The maximum absolute atomic E-state index is 13.2. The van der Waals surface area contributed by atoms with E-state index in [2.05, 4.69) is 4.98 Å². The molecular weight excluding hydrogens is 424 g/mol. The number of anilines is 1. The monoisotopic (exact) mass is 438 g/mol. The van der Waals surface area contributed by atoms with Crippen LogP contribution in [0.1, 0.15) is 26.2 Å². The summed E-state index contributed by atoms with van der Waals surface area (Å²) in [5.41, 5.74) is 1.99. The first-order chi connectivity index (χ1) is 14.0. The van der Waals surface area contributed by atoms with Gasteiger partial charge in [0.1, 0.15) is 6.04 Å². The van der Waals surface area contributed by atoms with Crippen molar-refractivity contribution in [1.29, 1.82) is 0 Å². The van der Waals surface area contributed by atoms with Gasteiger partial charge in [0, 0.05) is 4.88 Å². The normalized spacial score (nSPS) is 16.9. The molecule has 1 N–H and O–H groups in total. The van der Waals surface area contributed by atoms with Crippen molar-refractivity contribution >= 4 is 61.0 Å². The molecular formula is C21H14N2O3S3. The zero-order chi connectivity index (χ0) is 20.1. The Labute approximate surface area is 178 Å². The second-order valence-corrected chi connectivity index (χ2v) is 9.57. The second kappa shape index (κ2) is 6.91. The Balaban J connectivity index is 1.67. The van der Waals surface area contributed by atoms with Crippen molar-refractivity contribution in [3.8, 4) is 0 Å². The van der Waals surface area contributed by atoms with Crippen LogP contribution in [0.3, 0.4) is 0 Å². The van der Waals surface area contributed by atoms with Gasteiger partial charge in [0.25, 0.3) is 5.91 Å². The van der Waals surface area contributed by atoms with Gasteiger partial charge in [0.2, 0.25) is 5.78 Å². The van der Waals surface area contributed by atoms with Gasteiger partial charge in [0.05, 0.1) is 20.7 Å². The molecule has 1 aromatic carbocycles. The minimum absolute atomic E-state index is 0.107. The van der Waals surface area contributed by atoms with Crippen LogP contribution in [0, 0.1) is 6.92 Å². The summed E-state index contributed by atoms with van der Waals surface area (Å²) in [5.74, 6) is -1.43. The van der Waals surface area contributed by atoms with E-state index in [0.29, 0.717) is 10.0 Å². The molecule has 144 valence electrons. The number of hydrogen-bond donors (Lipinski definition) is 1. The van der Waals surface area contributed by atoms with Crippen LogP contribution in [-0.4, -0.2) is 21.8 Å². The van der Waals surface area contributed by atoms with Crippen LogP contribution in [0.5, 0.6) is 0 Å². The first kappa shape index (κ1) is 18.2. The highest BCUT2D eigenvalue weighted by atomic mass is 32.1. The molecule has 1 unspecified atom stereocenters. The molecule has 4 heterocycles. The predicted octanol–water partition coefficient (Wildman–Crippen LogP) is 5.51. The van der Waals surface area contributed by atoms with Crippen LogP contribution in [-0.2, 0) is 4.79 Å². The van der Waals surface area contributed by atoms with E-state index in [0.717, 1.165) is 20.7 Å². The summed E-state index contributed by atoms with van der Waals surface area (Å²) in [5, 5.41) is 14.9. The van der Waals surface area contributed by atoms with E-state index in [1.807, 2.05) is 42.6 Å². The number of ketones is 1. The van der Waals surface area contributed by atoms with Crippen molar-refractivity contribution in [2.45, 2.75) is 13.0 Å². The number of nitrogens with zero attached hydrogens (tertiary/aromatic N) is 2. The van der Waals surface area contributed by atoms with Gasteiger partial charge in [-0.2, -0.15) is 0 Å². The molecule has 0 aliphatic carbocycles. The van der Waals surface area contributed by atoms with E-state index in [9.17, 15) is 14.7 Å². The first-order valence-corrected chi connectivity index (χ1v) is 11.4. The highest BCUT2D eigenvalue weighted by Gasteiger charge is 2.46. The maximum atomic E-state index is 13.2. The highest BCUT2D eigenvalue weighted by molar-refractivity contribution is 7.22. The van der Waals surface area contributed by atoms with Gasteiger partial charge in [-0.3, -0.25) is 14.5 Å². The standard InChI is InChI=1S/C21H14N2O3S3/c1-11-6-7-12-15(10-11)29-21(22-12)23-17(13-4-2-8-27-13)16(19(25)20(23)26)18(24)14-5-3-9-28-14/h2-10,17,25H,1H3. The lowest BCUT2D eigenvalue weighted by Gasteiger charge is -2.22. The lowest BCUT2D eigenvalue weighted by Crippen LogP contribution is -2.30. The van der Waals surface area contributed by atoms with Gasteiger partial charge in [-0.15, -0.1) is 22.7 Å². The van der Waals surface area contributed by atoms with E-state index in [-0.39, 0.29) is 11.4 Å². The number of hydrogen-bond acceptors (Lipinski definition) is 7. The topological polar surface area (TPSA) is 70.5 Å². The minimum Gasteiger partial charge on any atom is -0.503 e. The molecule has 5 rings (SSSR count). The van der Waals surface area contributed by atoms with Crippen molar-refractivity contribution in [2.24, 2.45) is 0 Å². The zero-order valence-electron chi connectivity index (χ0n) is 15.2. The van der Waals surface area contributed by atoms with Gasteiger partial charge in [-0.05, 0) is 47.5 Å². The van der Waals surface area contributed by atoms with E-state index in [1.54, 1.807) is 17.5 Å². The predicted molar refractivity (Wildman–Crippen MR) is 117 cm³/mol. The minimum atomic E-state index is -0.696. The Morgan fingerprint density at radius 3 is 2.66 bits per heavy atom. The van der Waals surface area contributed by atoms with E-state index >= 15 is 0 Å². The Bertz CT molecular complexity index is 1270. The lowest BCUT2D eigenvalue weighted by atomic mass is 10.0. The second-order valence-electron chi connectivity index (χ2n) is 6.63. The number of carbonyl (C=O) groups excluding carboxylic acids is 2. The molecule has 0 spiro atoms. The fourth-order valence-corrected chi connectivity index (χ4v) is 6.01. The molecule has 29 heavy (non-hydrogen) atoms. The maximum Gasteiger partial charge on any atom is 0.296 e. The van der Waals surface area contributed by atoms with Crippen LogP contribution in [0.2, 0.25) is 0 Å². The molecule has 0 fully saturated rings. The van der Waals surface area contributed by atoms with Crippen molar-refractivity contribution in [3.05, 3.63) is 79.9 Å². The van der Waals surface area contributed by atoms with Crippen LogP contribution < -0.4 is 4.90 Å². The largest absolute Gasteiger partial charge is 0.503 e. The molecule has 0 saturated heterocycles. The summed E-state index contributed by atoms with van der Waals surface area (Å²) < 4.78 is 0.954. The number of amides is 1.